The van der Waals surface area contributed by atoms with Gasteiger partial charge < -0.3 is 9.84 Å². The first-order valence-corrected chi connectivity index (χ1v) is 12.6. The summed E-state index contributed by atoms with van der Waals surface area (Å²) in [6, 6.07) is 18.7. The number of benzene rings is 3. The van der Waals surface area contributed by atoms with Crippen molar-refractivity contribution in [2.45, 2.75) is 13.5 Å². The van der Waals surface area contributed by atoms with Gasteiger partial charge in [-0.25, -0.2) is 9.79 Å². The molecule has 1 saturated heterocycles. The number of carbonyl (C=O) groups is 2. The smallest absolute Gasteiger partial charge is 0.335 e. The predicted molar refractivity (Wildman–Crippen MR) is 145 cm³/mol. The Balaban J connectivity index is 1.58. The molecule has 0 aliphatic carbocycles. The lowest BCUT2D eigenvalue weighted by molar-refractivity contribution is -0.122. The van der Waals surface area contributed by atoms with Crippen molar-refractivity contribution >= 4 is 63.8 Å². The van der Waals surface area contributed by atoms with Crippen molar-refractivity contribution in [1.82, 2.24) is 4.90 Å². The van der Waals surface area contributed by atoms with E-state index in [9.17, 15) is 20.0 Å². The monoisotopic (exact) mass is 551 g/mol. The summed E-state index contributed by atoms with van der Waals surface area (Å²) in [5.74, 6) is -1.01. The molecule has 1 N–H and O–H groups in total. The minimum atomic E-state index is -1.06. The number of rotatable bonds is 7. The number of hydrogen-bond acceptors (Lipinski definition) is 6. The van der Waals surface area contributed by atoms with Crippen LogP contribution in [-0.2, 0) is 11.4 Å². The largest absolute Gasteiger partial charge is 0.486 e. The van der Waals surface area contributed by atoms with Gasteiger partial charge in [-0.3, -0.25) is 9.69 Å². The Morgan fingerprint density at radius 3 is 2.57 bits per heavy atom. The van der Waals surface area contributed by atoms with Crippen LogP contribution >= 0.6 is 35.0 Å². The lowest BCUT2D eigenvalue weighted by atomic mass is 10.1. The second kappa shape index (κ2) is 11.5. The van der Waals surface area contributed by atoms with Crippen LogP contribution in [0.15, 0.2) is 70.6 Å². The van der Waals surface area contributed by atoms with E-state index in [1.807, 2.05) is 13.0 Å². The number of likely N-dealkylation sites (N-methyl/N-ethyl adjacent to an activating group) is 1. The number of amidine groups is 1. The third kappa shape index (κ3) is 5.97. The topological polar surface area (TPSA) is 103 Å². The molecule has 37 heavy (non-hydrogen) atoms. The van der Waals surface area contributed by atoms with E-state index < -0.39 is 5.97 Å². The fourth-order valence-electron chi connectivity index (χ4n) is 3.55. The van der Waals surface area contributed by atoms with Crippen molar-refractivity contribution in [3.8, 4) is 11.8 Å². The van der Waals surface area contributed by atoms with Crippen LogP contribution in [0.3, 0.4) is 0 Å². The molecule has 0 unspecified atom stereocenters. The molecule has 4 rings (SSSR count). The lowest BCUT2D eigenvalue weighted by Gasteiger charge is -2.12. The summed E-state index contributed by atoms with van der Waals surface area (Å²) in [6.07, 6.45) is 1.67. The highest BCUT2D eigenvalue weighted by atomic mass is 35.5. The summed E-state index contributed by atoms with van der Waals surface area (Å²) < 4.78 is 5.81. The molecular formula is C27H19Cl2N3O4S. The fourth-order valence-corrected chi connectivity index (χ4v) is 5.22. The Bertz CT molecular complexity index is 1470. The standard InChI is InChI=1S/C27H19Cl2N3O4S/c1-2-32-25(33)23(37-27(32)31-20-9-5-8-17(13-20)26(34)35)12-16-10-21(28)24(22(29)11-16)36-15-19-7-4-3-6-18(19)14-30/h3-13H,2,15H2,1H3,(H,34,35)/b23-12-,31-27?. The first-order valence-electron chi connectivity index (χ1n) is 11.0. The molecule has 0 radical (unpaired) electrons. The van der Waals surface area contributed by atoms with Crippen LogP contribution < -0.4 is 4.74 Å². The van der Waals surface area contributed by atoms with Crippen molar-refractivity contribution in [1.29, 1.82) is 5.26 Å². The van der Waals surface area contributed by atoms with Crippen molar-refractivity contribution < 1.29 is 19.4 Å². The van der Waals surface area contributed by atoms with Crippen LogP contribution in [0.4, 0.5) is 5.69 Å². The molecule has 1 fully saturated rings. The summed E-state index contributed by atoms with van der Waals surface area (Å²) in [7, 11) is 0. The number of nitrogens with zero attached hydrogens (tertiary/aromatic N) is 3. The van der Waals surface area contributed by atoms with E-state index in [4.69, 9.17) is 27.9 Å². The zero-order valence-corrected chi connectivity index (χ0v) is 21.8. The molecule has 0 atom stereocenters. The Labute approximate surface area is 227 Å². The Morgan fingerprint density at radius 2 is 1.89 bits per heavy atom. The predicted octanol–water partition coefficient (Wildman–Crippen LogP) is 6.77. The first-order chi connectivity index (χ1) is 17.8. The lowest BCUT2D eigenvalue weighted by Crippen LogP contribution is -2.28. The summed E-state index contributed by atoms with van der Waals surface area (Å²) in [5, 5.41) is 19.4. The van der Waals surface area contributed by atoms with Crippen molar-refractivity contribution in [3.63, 3.8) is 0 Å². The van der Waals surface area contributed by atoms with Gasteiger partial charge in [0.25, 0.3) is 5.91 Å². The highest BCUT2D eigenvalue weighted by molar-refractivity contribution is 8.18. The molecule has 1 aliphatic rings. The molecule has 0 saturated carbocycles. The number of aliphatic imine (C=N–C) groups is 1. The first kappa shape index (κ1) is 26.3. The molecule has 0 bridgehead atoms. The van der Waals surface area contributed by atoms with E-state index in [2.05, 4.69) is 11.1 Å². The number of thioether (sulfide) groups is 1. The number of nitriles is 1. The maximum Gasteiger partial charge on any atom is 0.335 e. The summed E-state index contributed by atoms with van der Waals surface area (Å²) in [6.45, 7) is 2.33. The van der Waals surface area contributed by atoms with Gasteiger partial charge in [0, 0.05) is 12.1 Å². The second-order valence-electron chi connectivity index (χ2n) is 7.78. The van der Waals surface area contributed by atoms with Gasteiger partial charge in [0.15, 0.2) is 10.9 Å². The normalized spacial score (nSPS) is 15.3. The van der Waals surface area contributed by atoms with Crippen LogP contribution in [0.25, 0.3) is 6.08 Å². The van der Waals surface area contributed by atoms with Crippen LogP contribution in [0, 0.1) is 11.3 Å². The maximum absolute atomic E-state index is 13.0. The number of hydrogen-bond donors (Lipinski definition) is 1. The zero-order chi connectivity index (χ0) is 26.5. The van der Waals surface area contributed by atoms with Gasteiger partial charge in [0.1, 0.15) is 6.61 Å². The van der Waals surface area contributed by atoms with E-state index in [0.29, 0.717) is 39.0 Å². The molecule has 1 amide bonds. The fraction of sp³-hybridized carbons (Fsp3) is 0.111. The van der Waals surface area contributed by atoms with E-state index in [1.165, 1.54) is 28.8 Å². The summed E-state index contributed by atoms with van der Waals surface area (Å²) in [5.41, 5.74) is 2.34. The van der Waals surface area contributed by atoms with Crippen LogP contribution in [-0.4, -0.2) is 33.6 Å². The quantitative estimate of drug-likeness (QED) is 0.325. The van der Waals surface area contributed by atoms with Gasteiger partial charge in [-0.05, 0) is 66.7 Å². The Hall–Kier alpha value is -3.77. The van der Waals surface area contributed by atoms with Crippen LogP contribution in [0.1, 0.15) is 34.0 Å². The van der Waals surface area contributed by atoms with E-state index in [0.717, 1.165) is 0 Å². The molecule has 1 aliphatic heterocycles. The molecule has 3 aromatic rings. The molecule has 10 heteroatoms. The van der Waals surface area contributed by atoms with Gasteiger partial charge >= 0.3 is 5.97 Å². The van der Waals surface area contributed by atoms with Crippen molar-refractivity contribution in [3.05, 3.63) is 97.9 Å². The summed E-state index contributed by atoms with van der Waals surface area (Å²) >= 11 is 14.1. The third-order valence-corrected chi connectivity index (χ3v) is 6.92. The Kier molecular flexibility index (Phi) is 8.19. The van der Waals surface area contributed by atoms with E-state index in [1.54, 1.807) is 48.5 Å². The number of ether oxygens (including phenoxy) is 1. The summed E-state index contributed by atoms with van der Waals surface area (Å²) in [4.78, 5) is 30.7. The van der Waals surface area contributed by atoms with Gasteiger partial charge in [0.05, 0.1) is 37.8 Å². The third-order valence-electron chi connectivity index (χ3n) is 5.35. The number of carboxylic acid groups (broad SMARTS) is 1. The van der Waals surface area contributed by atoms with Gasteiger partial charge in [0.2, 0.25) is 0 Å². The zero-order valence-electron chi connectivity index (χ0n) is 19.4. The minimum Gasteiger partial charge on any atom is -0.486 e. The van der Waals surface area contributed by atoms with E-state index in [-0.39, 0.29) is 33.9 Å². The number of halogens is 2. The average Bonchev–Trinajstić information content (AvgIpc) is 3.17. The molecule has 3 aromatic carbocycles. The minimum absolute atomic E-state index is 0.109. The van der Waals surface area contributed by atoms with E-state index >= 15 is 0 Å². The Morgan fingerprint density at radius 1 is 1.16 bits per heavy atom. The SMILES string of the molecule is CCN1C(=O)/C(=C/c2cc(Cl)c(OCc3ccccc3C#N)c(Cl)c2)SC1=Nc1cccc(C(=O)O)c1. The molecule has 0 spiro atoms. The highest BCUT2D eigenvalue weighted by Crippen LogP contribution is 2.38. The van der Waals surface area contributed by atoms with Crippen LogP contribution in [0.2, 0.25) is 10.0 Å². The number of amides is 1. The highest BCUT2D eigenvalue weighted by Gasteiger charge is 2.32. The molecule has 1 heterocycles. The van der Waals surface area contributed by atoms with Gasteiger partial charge in [-0.15, -0.1) is 0 Å². The average molecular weight is 552 g/mol. The number of carbonyl (C=O) groups excluding carboxylic acids is 1. The maximum atomic E-state index is 13.0. The van der Waals surface area contributed by atoms with Gasteiger partial charge in [-0.2, -0.15) is 5.26 Å². The molecule has 7 nitrogen and oxygen atoms in total. The molecular weight excluding hydrogens is 533 g/mol. The van der Waals surface area contributed by atoms with Crippen molar-refractivity contribution in [2.24, 2.45) is 4.99 Å². The van der Waals surface area contributed by atoms with Crippen molar-refractivity contribution in [2.75, 3.05) is 6.54 Å². The number of carboxylic acids is 1. The molecule has 186 valence electrons. The second-order valence-corrected chi connectivity index (χ2v) is 9.60. The molecule has 0 aromatic heterocycles. The van der Waals surface area contributed by atoms with Gasteiger partial charge in [-0.1, -0.05) is 47.5 Å². The number of aromatic carboxylic acids is 1. The van der Waals surface area contributed by atoms with Crippen LogP contribution in [0.5, 0.6) is 5.75 Å².